The molecule has 1 aromatic heterocycles. The second-order valence-corrected chi connectivity index (χ2v) is 4.48. The maximum absolute atomic E-state index is 10.5. The summed E-state index contributed by atoms with van der Waals surface area (Å²) >= 11 is 1.50. The summed E-state index contributed by atoms with van der Waals surface area (Å²) in [6.07, 6.45) is 2.40. The Balaban J connectivity index is 2.79. The Morgan fingerprint density at radius 1 is 1.64 bits per heavy atom. The summed E-state index contributed by atoms with van der Waals surface area (Å²) in [6, 6.07) is 1.80. The topological polar surface area (TPSA) is 46.5 Å². The van der Waals surface area contributed by atoms with Crippen LogP contribution in [0.5, 0.6) is 0 Å². The number of rotatable bonds is 2. The fourth-order valence-corrected chi connectivity index (χ4v) is 1.43. The van der Waals surface area contributed by atoms with E-state index in [-0.39, 0.29) is 0 Å². The molecule has 0 fully saturated rings. The van der Waals surface area contributed by atoms with Crippen LogP contribution < -0.4 is 0 Å². The smallest absolute Gasteiger partial charge is 0.205 e. The molecule has 0 N–H and O–H groups in total. The van der Waals surface area contributed by atoms with Gasteiger partial charge in [0.25, 0.3) is 0 Å². The van der Waals surface area contributed by atoms with Crippen LogP contribution in [-0.2, 0) is 10.0 Å². The summed E-state index contributed by atoms with van der Waals surface area (Å²) in [7, 11) is -3.23. The van der Waals surface area contributed by atoms with Gasteiger partial charge in [0.2, 0.25) is 10.0 Å². The molecule has 3 nitrogen and oxygen atoms in total. The number of hydrogen-bond donors (Lipinski definition) is 0. The van der Waals surface area contributed by atoms with E-state index in [0.29, 0.717) is 0 Å². The number of hydrogen-bond acceptors (Lipinski definition) is 3. The summed E-state index contributed by atoms with van der Waals surface area (Å²) in [5.74, 6) is 0. The maximum Gasteiger partial charge on any atom is 0.250 e. The molecule has 1 rings (SSSR count). The number of thiophene rings is 1. The Morgan fingerprint density at radius 2 is 2.36 bits per heavy atom. The molecule has 0 amide bonds. The number of sulfonamides is 1. The lowest BCUT2D eigenvalue weighted by Crippen LogP contribution is -1.90. The van der Waals surface area contributed by atoms with Crippen molar-refractivity contribution in [1.29, 1.82) is 0 Å². The predicted octanol–water partition coefficient (Wildman–Crippen LogP) is 1.13. The lowest BCUT2D eigenvalue weighted by atomic mass is 10.4. The van der Waals surface area contributed by atoms with Gasteiger partial charge in [0.1, 0.15) is 0 Å². The summed E-state index contributed by atoms with van der Waals surface area (Å²) in [4.78, 5) is 0. The van der Waals surface area contributed by atoms with Crippen molar-refractivity contribution in [3.05, 3.63) is 22.4 Å². The van der Waals surface area contributed by atoms with E-state index < -0.39 is 10.0 Å². The zero-order chi connectivity index (χ0) is 8.32. The lowest BCUT2D eigenvalue weighted by molar-refractivity contribution is 0.604. The van der Waals surface area contributed by atoms with E-state index in [2.05, 4.69) is 4.40 Å². The molecule has 0 saturated carbocycles. The Kier molecular flexibility index (Phi) is 2.41. The fraction of sp³-hybridized carbons (Fsp3) is 0.167. The van der Waals surface area contributed by atoms with Crippen molar-refractivity contribution in [2.24, 2.45) is 4.40 Å². The van der Waals surface area contributed by atoms with Gasteiger partial charge < -0.3 is 0 Å². The first-order valence-corrected chi connectivity index (χ1v) is 5.64. The van der Waals surface area contributed by atoms with Crippen LogP contribution in [0.4, 0.5) is 0 Å². The van der Waals surface area contributed by atoms with E-state index in [1.807, 2.05) is 10.8 Å². The van der Waals surface area contributed by atoms with Crippen LogP contribution in [0.15, 0.2) is 21.2 Å². The highest BCUT2D eigenvalue weighted by atomic mass is 32.2. The summed E-state index contributed by atoms with van der Waals surface area (Å²) in [6.45, 7) is 0. The summed E-state index contributed by atoms with van der Waals surface area (Å²) < 4.78 is 24.4. The van der Waals surface area contributed by atoms with Crippen molar-refractivity contribution < 1.29 is 8.42 Å². The molecular weight excluding hydrogens is 182 g/mol. The molecule has 0 unspecified atom stereocenters. The second-order valence-electron chi connectivity index (χ2n) is 2.02. The zero-order valence-electron chi connectivity index (χ0n) is 5.89. The van der Waals surface area contributed by atoms with Gasteiger partial charge >= 0.3 is 0 Å². The van der Waals surface area contributed by atoms with Crippen molar-refractivity contribution in [2.45, 2.75) is 0 Å². The van der Waals surface area contributed by atoms with Crippen LogP contribution in [0.25, 0.3) is 0 Å². The molecule has 0 atom stereocenters. The highest BCUT2D eigenvalue weighted by molar-refractivity contribution is 7.89. The van der Waals surface area contributed by atoms with Crippen molar-refractivity contribution in [2.75, 3.05) is 6.26 Å². The quantitative estimate of drug-likeness (QED) is 0.655. The van der Waals surface area contributed by atoms with Crippen LogP contribution in [0.2, 0.25) is 0 Å². The molecule has 0 aliphatic heterocycles. The minimum Gasteiger partial charge on any atom is -0.205 e. The first kappa shape index (κ1) is 8.42. The monoisotopic (exact) mass is 189 g/mol. The van der Waals surface area contributed by atoms with E-state index in [9.17, 15) is 8.42 Å². The normalized spacial score (nSPS) is 12.5. The molecule has 0 aromatic carbocycles. The molecule has 0 aliphatic carbocycles. The first-order valence-electron chi connectivity index (χ1n) is 2.85. The van der Waals surface area contributed by atoms with E-state index in [0.717, 1.165) is 11.8 Å². The molecule has 11 heavy (non-hydrogen) atoms. The molecule has 0 radical (unpaired) electrons. The van der Waals surface area contributed by atoms with Crippen molar-refractivity contribution >= 4 is 27.6 Å². The van der Waals surface area contributed by atoms with E-state index in [1.165, 1.54) is 17.6 Å². The summed E-state index contributed by atoms with van der Waals surface area (Å²) in [5, 5.41) is 3.69. The van der Waals surface area contributed by atoms with Gasteiger partial charge in [-0.25, -0.2) is 8.42 Å². The Morgan fingerprint density at radius 3 is 2.82 bits per heavy atom. The molecule has 0 spiro atoms. The van der Waals surface area contributed by atoms with Gasteiger partial charge in [-0.05, 0) is 16.8 Å². The van der Waals surface area contributed by atoms with Gasteiger partial charge in [-0.15, -0.1) is 0 Å². The minimum atomic E-state index is -3.23. The zero-order valence-corrected chi connectivity index (χ0v) is 7.52. The minimum absolute atomic E-state index is 0.820. The molecule has 0 bridgehead atoms. The van der Waals surface area contributed by atoms with Gasteiger partial charge in [0.15, 0.2) is 0 Å². The highest BCUT2D eigenvalue weighted by Crippen LogP contribution is 2.02. The molecule has 1 heterocycles. The van der Waals surface area contributed by atoms with E-state index in [1.54, 1.807) is 6.07 Å². The average Bonchev–Trinajstić information content (AvgIpc) is 2.32. The molecule has 0 saturated heterocycles. The Bertz CT molecular complexity index is 337. The van der Waals surface area contributed by atoms with Crippen LogP contribution in [-0.4, -0.2) is 20.9 Å². The van der Waals surface area contributed by atoms with Crippen LogP contribution >= 0.6 is 11.3 Å². The predicted molar refractivity (Wildman–Crippen MR) is 46.8 cm³/mol. The molecule has 0 aliphatic rings. The average molecular weight is 189 g/mol. The molecule has 60 valence electrons. The lowest BCUT2D eigenvalue weighted by Gasteiger charge is -1.83. The third kappa shape index (κ3) is 3.29. The Hall–Kier alpha value is -0.680. The fourth-order valence-electron chi connectivity index (χ4n) is 0.505. The van der Waals surface area contributed by atoms with Crippen molar-refractivity contribution in [3.8, 4) is 0 Å². The van der Waals surface area contributed by atoms with Crippen LogP contribution in [0.1, 0.15) is 5.56 Å². The molecule has 5 heteroatoms. The third-order valence-electron chi connectivity index (χ3n) is 0.936. The van der Waals surface area contributed by atoms with E-state index >= 15 is 0 Å². The van der Waals surface area contributed by atoms with Crippen molar-refractivity contribution in [3.63, 3.8) is 0 Å². The van der Waals surface area contributed by atoms with E-state index in [4.69, 9.17) is 0 Å². The van der Waals surface area contributed by atoms with Gasteiger partial charge in [-0.2, -0.15) is 15.7 Å². The van der Waals surface area contributed by atoms with Gasteiger partial charge in [0, 0.05) is 11.8 Å². The van der Waals surface area contributed by atoms with Gasteiger partial charge in [-0.3, -0.25) is 0 Å². The standard InChI is InChI=1S/C6H7NO2S2/c1-11(8,9)7-4-6-2-3-10-5-6/h2-5H,1H3/b7-4+. The first-order chi connectivity index (χ1) is 5.08. The van der Waals surface area contributed by atoms with Gasteiger partial charge in [0.05, 0.1) is 6.26 Å². The van der Waals surface area contributed by atoms with Gasteiger partial charge in [-0.1, -0.05) is 0 Å². The van der Waals surface area contributed by atoms with Crippen molar-refractivity contribution in [1.82, 2.24) is 0 Å². The second kappa shape index (κ2) is 3.15. The SMILES string of the molecule is CS(=O)(=O)/N=C/c1ccsc1. The largest absolute Gasteiger partial charge is 0.250 e. The summed E-state index contributed by atoms with van der Waals surface area (Å²) in [5.41, 5.74) is 0.820. The highest BCUT2D eigenvalue weighted by Gasteiger charge is 1.93. The third-order valence-corrected chi connectivity index (χ3v) is 2.13. The maximum atomic E-state index is 10.5. The molecular formula is C6H7NO2S2. The molecule has 1 aromatic rings. The van der Waals surface area contributed by atoms with Crippen LogP contribution in [0.3, 0.4) is 0 Å². The van der Waals surface area contributed by atoms with Crippen LogP contribution in [0, 0.1) is 0 Å². The number of nitrogens with zero attached hydrogens (tertiary/aromatic N) is 1. The Labute approximate surface area is 69.5 Å².